The van der Waals surface area contributed by atoms with E-state index >= 15 is 0 Å². The number of phenolic OH excluding ortho intramolecular Hbond substituents is 1. The van der Waals surface area contributed by atoms with Crippen LogP contribution >= 0.6 is 11.3 Å². The zero-order valence-electron chi connectivity index (χ0n) is 17.2. The Morgan fingerprint density at radius 2 is 1.71 bits per heavy atom. The van der Waals surface area contributed by atoms with Crippen LogP contribution in [0.1, 0.15) is 0 Å². The summed E-state index contributed by atoms with van der Waals surface area (Å²) in [5, 5.41) is 11.5. The molecule has 1 aromatic heterocycles. The highest BCUT2D eigenvalue weighted by Gasteiger charge is 2.41. The lowest BCUT2D eigenvalue weighted by molar-refractivity contribution is -0.139. The fourth-order valence-corrected chi connectivity index (χ4v) is 7.01. The van der Waals surface area contributed by atoms with E-state index < -0.39 is 10.0 Å². The average Bonchev–Trinajstić information content (AvgIpc) is 3.22. The predicted molar refractivity (Wildman–Crippen MR) is 118 cm³/mol. The van der Waals surface area contributed by atoms with Crippen molar-refractivity contribution in [2.45, 2.75) is 22.3 Å². The molecule has 8 nitrogen and oxygen atoms in total. The maximum atomic E-state index is 13.2. The van der Waals surface area contributed by atoms with Gasteiger partial charge in [-0.25, -0.2) is 8.42 Å². The first-order valence-electron chi connectivity index (χ1n) is 10.5. The molecule has 5 rings (SSSR count). The molecule has 0 radical (unpaired) electrons. The van der Waals surface area contributed by atoms with Gasteiger partial charge in [-0.1, -0.05) is 6.07 Å². The molecule has 0 unspecified atom stereocenters. The first-order chi connectivity index (χ1) is 15.0. The van der Waals surface area contributed by atoms with Crippen LogP contribution in [0.4, 0.5) is 5.69 Å². The highest BCUT2D eigenvalue weighted by Crippen LogP contribution is 2.29. The predicted octanol–water partition coefficient (Wildman–Crippen LogP) is 1.43. The fraction of sp³-hybridized carbons (Fsp3) is 0.524. The second-order valence-corrected chi connectivity index (χ2v) is 11.4. The van der Waals surface area contributed by atoms with E-state index in [4.69, 9.17) is 9.47 Å². The van der Waals surface area contributed by atoms with Gasteiger partial charge in [0, 0.05) is 31.9 Å². The molecule has 1 N–H and O–H groups in total. The number of anilines is 1. The number of ether oxygens (including phenoxy) is 2. The van der Waals surface area contributed by atoms with Gasteiger partial charge in [0.2, 0.25) is 0 Å². The minimum atomic E-state index is -3.51. The van der Waals surface area contributed by atoms with Crippen molar-refractivity contribution in [2.75, 3.05) is 57.5 Å². The van der Waals surface area contributed by atoms with Crippen LogP contribution in [-0.2, 0) is 19.5 Å². The number of sulfonamides is 1. The first-order valence-corrected chi connectivity index (χ1v) is 12.8. The number of phenols is 1. The van der Waals surface area contributed by atoms with E-state index in [1.165, 1.54) is 11.3 Å². The molecule has 3 fully saturated rings. The quantitative estimate of drug-likeness (QED) is 0.662. The second kappa shape index (κ2) is 8.68. The van der Waals surface area contributed by atoms with Crippen molar-refractivity contribution >= 4 is 27.0 Å². The van der Waals surface area contributed by atoms with Crippen LogP contribution in [0.2, 0.25) is 0 Å². The Hall–Kier alpha value is -1.69. The number of piperazine rings is 1. The van der Waals surface area contributed by atoms with Crippen LogP contribution in [0, 0.1) is 0 Å². The minimum Gasteiger partial charge on any atom is -0.508 e. The van der Waals surface area contributed by atoms with Gasteiger partial charge >= 0.3 is 0 Å². The maximum Gasteiger partial charge on any atom is 0.252 e. The number of hydrogen-bond acceptors (Lipinski definition) is 8. The Morgan fingerprint density at radius 3 is 2.26 bits per heavy atom. The molecule has 0 bridgehead atoms. The maximum absolute atomic E-state index is 13.2. The Morgan fingerprint density at radius 1 is 1.03 bits per heavy atom. The molecule has 0 aliphatic carbocycles. The molecular formula is C21H27N3O5S2. The fourth-order valence-electron chi connectivity index (χ4n) is 4.39. The summed E-state index contributed by atoms with van der Waals surface area (Å²) in [5.41, 5.74) is 0.991. The van der Waals surface area contributed by atoms with E-state index in [2.05, 4.69) is 9.80 Å². The van der Waals surface area contributed by atoms with Crippen molar-refractivity contribution in [3.63, 3.8) is 0 Å². The third-order valence-corrected chi connectivity index (χ3v) is 9.55. The zero-order chi connectivity index (χ0) is 21.4. The van der Waals surface area contributed by atoms with E-state index in [0.717, 1.165) is 12.2 Å². The molecule has 3 aliphatic heterocycles. The lowest BCUT2D eigenvalue weighted by Gasteiger charge is -2.50. The SMILES string of the molecule is O=S(=O)(c1cccs1)N1CCN(c2ccc(O)cc2)[C@@H](CN(C2COC2)C2COC2)C1. The number of rotatable bonds is 7. The summed E-state index contributed by atoms with van der Waals surface area (Å²) in [4.78, 5) is 4.71. The van der Waals surface area contributed by atoms with E-state index in [-0.39, 0.29) is 11.8 Å². The Kier molecular flexibility index (Phi) is 5.93. The standard InChI is InChI=1S/C21H27N3O5S2/c25-20-5-3-16(4-6-20)23-8-7-22(31(26,27)21-2-1-9-30-21)10-17(23)11-24(18-12-28-13-18)19-14-29-15-19/h1-6,9,17-19,25H,7-8,10-15H2/t17-/m1/s1. The van der Waals surface area contributed by atoms with Crippen molar-refractivity contribution in [1.29, 1.82) is 0 Å². The highest BCUT2D eigenvalue weighted by molar-refractivity contribution is 7.91. The number of thiophene rings is 1. The third kappa shape index (κ3) is 4.20. The van der Waals surface area contributed by atoms with Gasteiger partial charge in [-0.05, 0) is 35.7 Å². The second-order valence-electron chi connectivity index (χ2n) is 8.24. The normalized spacial score (nSPS) is 23.6. The summed E-state index contributed by atoms with van der Waals surface area (Å²) in [6, 6.07) is 11.3. The van der Waals surface area contributed by atoms with Gasteiger partial charge in [-0.15, -0.1) is 11.3 Å². The van der Waals surface area contributed by atoms with Crippen LogP contribution in [0.25, 0.3) is 0 Å². The molecule has 1 aromatic carbocycles. The summed E-state index contributed by atoms with van der Waals surface area (Å²) in [6.45, 7) is 5.00. The minimum absolute atomic E-state index is 0.0192. The molecule has 0 saturated carbocycles. The van der Waals surface area contributed by atoms with Gasteiger partial charge in [0.25, 0.3) is 10.0 Å². The molecule has 0 spiro atoms. The monoisotopic (exact) mass is 465 g/mol. The van der Waals surface area contributed by atoms with Gasteiger partial charge in [0.1, 0.15) is 9.96 Å². The van der Waals surface area contributed by atoms with Crippen LogP contribution in [0.5, 0.6) is 5.75 Å². The summed E-state index contributed by atoms with van der Waals surface area (Å²) in [6.07, 6.45) is 0. The lowest BCUT2D eigenvalue weighted by atomic mass is 10.0. The number of hydrogen-bond donors (Lipinski definition) is 1. The van der Waals surface area contributed by atoms with Gasteiger partial charge in [-0.2, -0.15) is 4.31 Å². The molecule has 10 heteroatoms. The average molecular weight is 466 g/mol. The summed E-state index contributed by atoms with van der Waals surface area (Å²) in [5.74, 6) is 0.221. The van der Waals surface area contributed by atoms with Crippen LogP contribution in [0.3, 0.4) is 0 Å². The summed E-state index contributed by atoms with van der Waals surface area (Å²) < 4.78 is 39.3. The number of nitrogens with zero attached hydrogens (tertiary/aromatic N) is 3. The van der Waals surface area contributed by atoms with Gasteiger partial charge < -0.3 is 19.5 Å². The van der Waals surface area contributed by atoms with E-state index in [1.54, 1.807) is 34.0 Å². The molecule has 1 atom stereocenters. The first kappa shape index (κ1) is 21.2. The summed E-state index contributed by atoms with van der Waals surface area (Å²) in [7, 11) is -3.51. The molecule has 3 aliphatic rings. The zero-order valence-corrected chi connectivity index (χ0v) is 18.8. The largest absolute Gasteiger partial charge is 0.508 e. The van der Waals surface area contributed by atoms with E-state index in [9.17, 15) is 13.5 Å². The molecule has 31 heavy (non-hydrogen) atoms. The third-order valence-electron chi connectivity index (χ3n) is 6.32. The molecular weight excluding hydrogens is 438 g/mol. The number of benzene rings is 1. The van der Waals surface area contributed by atoms with Gasteiger partial charge in [-0.3, -0.25) is 4.90 Å². The molecule has 2 aromatic rings. The highest BCUT2D eigenvalue weighted by atomic mass is 32.2. The molecule has 3 saturated heterocycles. The topological polar surface area (TPSA) is 82.6 Å². The van der Waals surface area contributed by atoms with Gasteiger partial charge in [0.05, 0.1) is 44.6 Å². The van der Waals surface area contributed by atoms with E-state index in [0.29, 0.717) is 62.4 Å². The van der Waals surface area contributed by atoms with Crippen molar-refractivity contribution < 1.29 is 23.0 Å². The summed E-state index contributed by atoms with van der Waals surface area (Å²) >= 11 is 1.26. The Bertz CT molecular complexity index is 961. The van der Waals surface area contributed by atoms with Crippen molar-refractivity contribution in [2.24, 2.45) is 0 Å². The van der Waals surface area contributed by atoms with E-state index in [1.807, 2.05) is 12.1 Å². The van der Waals surface area contributed by atoms with Gasteiger partial charge in [0.15, 0.2) is 0 Å². The lowest BCUT2D eigenvalue weighted by Crippen LogP contribution is -2.65. The molecule has 168 valence electrons. The molecule has 0 amide bonds. The molecule has 4 heterocycles. The Labute approximate surface area is 186 Å². The van der Waals surface area contributed by atoms with Crippen molar-refractivity contribution in [3.05, 3.63) is 41.8 Å². The van der Waals surface area contributed by atoms with Crippen molar-refractivity contribution in [1.82, 2.24) is 9.21 Å². The van der Waals surface area contributed by atoms with Crippen molar-refractivity contribution in [3.8, 4) is 5.75 Å². The van der Waals surface area contributed by atoms with Crippen LogP contribution in [-0.4, -0.2) is 93.5 Å². The number of aromatic hydroxyl groups is 1. The van der Waals surface area contributed by atoms with Crippen LogP contribution < -0.4 is 4.90 Å². The Balaban J connectivity index is 1.41. The van der Waals surface area contributed by atoms with Crippen LogP contribution in [0.15, 0.2) is 46.0 Å². The smallest absolute Gasteiger partial charge is 0.252 e.